The molecule has 1 heterocycles. The van der Waals surface area contributed by atoms with E-state index in [2.05, 4.69) is 29.2 Å². The van der Waals surface area contributed by atoms with Crippen molar-refractivity contribution in [3.8, 4) is 17.2 Å². The van der Waals surface area contributed by atoms with Crippen LogP contribution in [0.4, 0.5) is 4.79 Å². The lowest BCUT2D eigenvalue weighted by molar-refractivity contribution is 0.153. The first kappa shape index (κ1) is 24.6. The van der Waals surface area contributed by atoms with Gasteiger partial charge in [0, 0.05) is 38.8 Å². The summed E-state index contributed by atoms with van der Waals surface area (Å²) in [4.78, 5) is 17.0. The highest BCUT2D eigenvalue weighted by Gasteiger charge is 2.20. The first-order chi connectivity index (χ1) is 17.1. The molecule has 0 saturated carbocycles. The highest BCUT2D eigenvalue weighted by Crippen LogP contribution is 2.24. The summed E-state index contributed by atoms with van der Waals surface area (Å²) in [5.41, 5.74) is 3.63. The minimum absolute atomic E-state index is 0.275. The zero-order valence-corrected chi connectivity index (χ0v) is 20.6. The molecule has 6 nitrogen and oxygen atoms in total. The molecule has 0 radical (unpaired) electrons. The molecule has 184 valence electrons. The number of rotatable bonds is 8. The lowest BCUT2D eigenvalue weighted by Gasteiger charge is -2.21. The van der Waals surface area contributed by atoms with Crippen molar-refractivity contribution in [3.63, 3.8) is 0 Å². The first-order valence-electron chi connectivity index (χ1n) is 12.2. The fraction of sp³-hybridized carbons (Fsp3) is 0.345. The van der Waals surface area contributed by atoms with Gasteiger partial charge in [-0.1, -0.05) is 42.5 Å². The van der Waals surface area contributed by atoms with Crippen LogP contribution >= 0.6 is 0 Å². The third-order valence-electron chi connectivity index (χ3n) is 6.34. The number of amides is 1. The third kappa shape index (κ3) is 7.23. The Bertz CT molecular complexity index is 1060. The van der Waals surface area contributed by atoms with E-state index in [1.165, 1.54) is 11.1 Å². The fourth-order valence-electron chi connectivity index (χ4n) is 4.34. The van der Waals surface area contributed by atoms with Gasteiger partial charge in [-0.15, -0.1) is 0 Å². The van der Waals surface area contributed by atoms with Crippen LogP contribution in [0, 0.1) is 0 Å². The van der Waals surface area contributed by atoms with E-state index < -0.39 is 0 Å². The van der Waals surface area contributed by atoms with Crippen LogP contribution in [0.25, 0.3) is 0 Å². The molecule has 0 spiro atoms. The Morgan fingerprint density at radius 3 is 2.09 bits per heavy atom. The van der Waals surface area contributed by atoms with Gasteiger partial charge in [0.1, 0.15) is 17.2 Å². The normalized spacial score (nSPS) is 14.3. The van der Waals surface area contributed by atoms with E-state index in [9.17, 15) is 4.79 Å². The van der Waals surface area contributed by atoms with Gasteiger partial charge in [0.25, 0.3) is 0 Å². The van der Waals surface area contributed by atoms with Gasteiger partial charge in [0.2, 0.25) is 0 Å². The Morgan fingerprint density at radius 2 is 1.40 bits per heavy atom. The first-order valence-corrected chi connectivity index (χ1v) is 12.2. The summed E-state index contributed by atoms with van der Waals surface area (Å²) in [5.74, 6) is 2.16. The summed E-state index contributed by atoms with van der Waals surface area (Å²) in [6, 6.07) is 24.2. The second-order valence-corrected chi connectivity index (χ2v) is 8.84. The zero-order chi connectivity index (χ0) is 24.5. The highest BCUT2D eigenvalue weighted by atomic mass is 16.6. The summed E-state index contributed by atoms with van der Waals surface area (Å²) < 4.78 is 16.4. The lowest BCUT2D eigenvalue weighted by Crippen LogP contribution is -2.36. The summed E-state index contributed by atoms with van der Waals surface area (Å²) >= 11 is 0. The number of hydrogen-bond acceptors (Lipinski definition) is 5. The van der Waals surface area contributed by atoms with E-state index in [-0.39, 0.29) is 6.09 Å². The molecule has 6 heteroatoms. The number of benzene rings is 3. The van der Waals surface area contributed by atoms with Crippen molar-refractivity contribution >= 4 is 6.09 Å². The van der Waals surface area contributed by atoms with Crippen LogP contribution in [0.3, 0.4) is 0 Å². The fourth-order valence-corrected chi connectivity index (χ4v) is 4.34. The number of ether oxygens (including phenoxy) is 3. The maximum absolute atomic E-state index is 12.8. The van der Waals surface area contributed by atoms with Gasteiger partial charge in [-0.05, 0) is 60.2 Å². The van der Waals surface area contributed by atoms with E-state index in [0.29, 0.717) is 18.8 Å². The molecule has 0 bridgehead atoms. The Balaban J connectivity index is 1.26. The van der Waals surface area contributed by atoms with Crippen molar-refractivity contribution in [1.29, 1.82) is 0 Å². The molecule has 0 atom stereocenters. The summed E-state index contributed by atoms with van der Waals surface area (Å²) in [7, 11) is 3.32. The largest absolute Gasteiger partial charge is 0.497 e. The van der Waals surface area contributed by atoms with Gasteiger partial charge in [-0.3, -0.25) is 4.90 Å². The number of hydrogen-bond donors (Lipinski definition) is 0. The summed E-state index contributed by atoms with van der Waals surface area (Å²) in [5, 5.41) is 0. The van der Waals surface area contributed by atoms with Crippen molar-refractivity contribution < 1.29 is 19.0 Å². The minimum Gasteiger partial charge on any atom is -0.497 e. The van der Waals surface area contributed by atoms with Gasteiger partial charge in [0.05, 0.1) is 14.2 Å². The maximum atomic E-state index is 12.8. The molecule has 1 fully saturated rings. The Hall–Kier alpha value is -3.51. The van der Waals surface area contributed by atoms with Crippen LogP contribution in [-0.4, -0.2) is 56.3 Å². The van der Waals surface area contributed by atoms with Crippen molar-refractivity contribution in [3.05, 3.63) is 89.5 Å². The van der Waals surface area contributed by atoms with Crippen LogP contribution in [0.15, 0.2) is 72.8 Å². The molecule has 0 aliphatic carbocycles. The molecule has 35 heavy (non-hydrogen) atoms. The van der Waals surface area contributed by atoms with Crippen molar-refractivity contribution in [2.45, 2.75) is 25.8 Å². The van der Waals surface area contributed by atoms with Gasteiger partial charge in [0.15, 0.2) is 0 Å². The second kappa shape index (κ2) is 12.3. The molecule has 1 saturated heterocycles. The average molecular weight is 475 g/mol. The molecule has 0 N–H and O–H groups in total. The van der Waals surface area contributed by atoms with Crippen LogP contribution < -0.4 is 14.2 Å². The van der Waals surface area contributed by atoms with E-state index in [1.54, 1.807) is 14.2 Å². The van der Waals surface area contributed by atoms with E-state index >= 15 is 0 Å². The standard InChI is InChI=1S/C29H34N2O4/c1-33-27-19-25(20-28(21-27)34-2)10-9-23-11-13-26(14-12-23)35-29(32)31-16-6-15-30(17-18-31)22-24-7-4-3-5-8-24/h3-5,7-8,11-14,19-21H,6,9-10,15-18,22H2,1-2H3. The highest BCUT2D eigenvalue weighted by molar-refractivity contribution is 5.70. The Kier molecular flexibility index (Phi) is 8.63. The SMILES string of the molecule is COc1cc(CCc2ccc(OC(=O)N3CCCN(Cc4ccccc4)CC3)cc2)cc(OC)c1. The summed E-state index contributed by atoms with van der Waals surface area (Å²) in [6.45, 7) is 4.12. The monoisotopic (exact) mass is 474 g/mol. The predicted molar refractivity (Wildman–Crippen MR) is 137 cm³/mol. The van der Waals surface area contributed by atoms with Crippen molar-refractivity contribution in [2.75, 3.05) is 40.4 Å². The Labute approximate surface area is 208 Å². The summed E-state index contributed by atoms with van der Waals surface area (Å²) in [6.07, 6.45) is 2.40. The topological polar surface area (TPSA) is 51.2 Å². The van der Waals surface area contributed by atoms with Crippen molar-refractivity contribution in [1.82, 2.24) is 9.80 Å². The molecule has 3 aromatic rings. The van der Waals surface area contributed by atoms with Gasteiger partial charge in [-0.25, -0.2) is 4.79 Å². The lowest BCUT2D eigenvalue weighted by atomic mass is 10.0. The average Bonchev–Trinajstić information content (AvgIpc) is 3.14. The van der Waals surface area contributed by atoms with Gasteiger partial charge >= 0.3 is 6.09 Å². The van der Waals surface area contributed by atoms with E-state index in [0.717, 1.165) is 56.0 Å². The van der Waals surface area contributed by atoms with E-state index in [1.807, 2.05) is 53.4 Å². The molecular formula is C29H34N2O4. The number of methoxy groups -OCH3 is 2. The quantitative estimate of drug-likeness (QED) is 0.449. The molecule has 3 aromatic carbocycles. The minimum atomic E-state index is -0.275. The van der Waals surface area contributed by atoms with Gasteiger partial charge < -0.3 is 19.1 Å². The van der Waals surface area contributed by atoms with Crippen LogP contribution in [0.5, 0.6) is 17.2 Å². The smallest absolute Gasteiger partial charge is 0.415 e. The molecule has 4 rings (SSSR count). The zero-order valence-electron chi connectivity index (χ0n) is 20.6. The number of nitrogens with zero attached hydrogens (tertiary/aromatic N) is 2. The number of aryl methyl sites for hydroxylation is 2. The Morgan fingerprint density at radius 1 is 0.714 bits per heavy atom. The van der Waals surface area contributed by atoms with Crippen LogP contribution in [0.2, 0.25) is 0 Å². The van der Waals surface area contributed by atoms with E-state index in [4.69, 9.17) is 14.2 Å². The molecule has 0 unspecified atom stereocenters. The van der Waals surface area contributed by atoms with Crippen LogP contribution in [0.1, 0.15) is 23.1 Å². The molecule has 1 amide bonds. The molecule has 1 aliphatic heterocycles. The maximum Gasteiger partial charge on any atom is 0.415 e. The van der Waals surface area contributed by atoms with Gasteiger partial charge in [-0.2, -0.15) is 0 Å². The second-order valence-electron chi connectivity index (χ2n) is 8.84. The number of carbonyl (C=O) groups excluding carboxylic acids is 1. The third-order valence-corrected chi connectivity index (χ3v) is 6.34. The number of carbonyl (C=O) groups is 1. The predicted octanol–water partition coefficient (Wildman–Crippen LogP) is 5.20. The van der Waals surface area contributed by atoms with Crippen LogP contribution in [-0.2, 0) is 19.4 Å². The van der Waals surface area contributed by atoms with Crippen molar-refractivity contribution in [2.24, 2.45) is 0 Å². The molecule has 1 aliphatic rings. The molecular weight excluding hydrogens is 440 g/mol. The molecule has 0 aromatic heterocycles.